The van der Waals surface area contributed by atoms with Crippen LogP contribution in [0.2, 0.25) is 5.02 Å². The minimum atomic E-state index is -1.89. The number of hydrogen-bond acceptors (Lipinski definition) is 8. The van der Waals surface area contributed by atoms with Crippen LogP contribution in [-0.2, 0) is 14.3 Å². The Morgan fingerprint density at radius 1 is 1.25 bits per heavy atom. The normalized spacial score (nSPS) is 29.1. The second kappa shape index (κ2) is 11.1. The number of aliphatic hydroxyl groups excluding tert-OH is 3. The van der Waals surface area contributed by atoms with Crippen molar-refractivity contribution in [3.63, 3.8) is 0 Å². The highest BCUT2D eigenvalue weighted by Gasteiger charge is 2.62. The van der Waals surface area contributed by atoms with Crippen LogP contribution in [0.4, 0.5) is 13.2 Å². The summed E-state index contributed by atoms with van der Waals surface area (Å²) in [6.45, 7) is 1.08. The zero-order chi connectivity index (χ0) is 28.8. The van der Waals surface area contributed by atoms with Gasteiger partial charge >= 0.3 is 0 Å². The van der Waals surface area contributed by atoms with Gasteiger partial charge in [-0.25, -0.2) is 17.9 Å². The zero-order valence-corrected chi connectivity index (χ0v) is 21.8. The number of aliphatic hydroxyl groups is 3. The molecule has 10 nitrogen and oxygen atoms in total. The molecule has 0 bridgehead atoms. The smallest absolute Gasteiger partial charge is 0.227 e. The Balaban J connectivity index is 1.44. The first-order valence-electron chi connectivity index (χ1n) is 12.5. The predicted octanol–water partition coefficient (Wildman–Crippen LogP) is 2.07. The van der Waals surface area contributed by atoms with Crippen LogP contribution in [0.3, 0.4) is 0 Å². The highest BCUT2D eigenvalue weighted by molar-refractivity contribution is 6.30. The molecular weight excluding hydrogens is 557 g/mol. The summed E-state index contributed by atoms with van der Waals surface area (Å²) < 4.78 is 53.8. The molecule has 7 atom stereocenters. The molecular formula is C26H26ClF3N4O6. The van der Waals surface area contributed by atoms with Crippen molar-refractivity contribution in [1.82, 2.24) is 20.3 Å². The SMILES string of the molecule is CC(C(=O)N[C@@H]1CCO[C@]12O[C@H](CO)[C@H](O)[C@H](n1cc(-c3cc(F)c(F)c(F)c3)nn1)[C@H]2O)c1cccc(Cl)c1. The van der Waals surface area contributed by atoms with E-state index in [1.807, 2.05) is 0 Å². The second-order valence-electron chi connectivity index (χ2n) is 9.80. The van der Waals surface area contributed by atoms with E-state index < -0.39 is 72.1 Å². The van der Waals surface area contributed by atoms with Crippen LogP contribution < -0.4 is 5.32 Å². The van der Waals surface area contributed by atoms with Gasteiger partial charge in [0.2, 0.25) is 11.7 Å². The van der Waals surface area contributed by atoms with E-state index in [0.29, 0.717) is 10.6 Å². The first-order chi connectivity index (χ1) is 19.1. The van der Waals surface area contributed by atoms with E-state index in [0.717, 1.165) is 16.8 Å². The lowest BCUT2D eigenvalue weighted by atomic mass is 9.86. The molecule has 40 heavy (non-hydrogen) atoms. The summed E-state index contributed by atoms with van der Waals surface area (Å²) in [6, 6.07) is 6.04. The van der Waals surface area contributed by atoms with E-state index >= 15 is 0 Å². The fraction of sp³-hybridized carbons (Fsp3) is 0.423. The summed E-state index contributed by atoms with van der Waals surface area (Å²) in [5.74, 6) is -7.42. The predicted molar refractivity (Wildman–Crippen MR) is 133 cm³/mol. The van der Waals surface area contributed by atoms with Crippen molar-refractivity contribution in [3.8, 4) is 11.3 Å². The van der Waals surface area contributed by atoms with Gasteiger partial charge < -0.3 is 30.1 Å². The summed E-state index contributed by atoms with van der Waals surface area (Å²) in [5.41, 5.74) is 0.448. The topological polar surface area (TPSA) is 139 Å². The van der Waals surface area contributed by atoms with Gasteiger partial charge in [0.05, 0.1) is 31.4 Å². The van der Waals surface area contributed by atoms with E-state index in [4.69, 9.17) is 21.1 Å². The fourth-order valence-corrected chi connectivity index (χ4v) is 5.37. The first-order valence-corrected chi connectivity index (χ1v) is 12.8. The molecule has 1 amide bonds. The number of halogens is 4. The molecule has 2 aromatic carbocycles. The van der Waals surface area contributed by atoms with E-state index in [1.54, 1.807) is 31.2 Å². The maximum atomic E-state index is 13.8. The Morgan fingerprint density at radius 3 is 2.65 bits per heavy atom. The number of amides is 1. The van der Waals surface area contributed by atoms with Crippen molar-refractivity contribution < 1.29 is 42.8 Å². The van der Waals surface area contributed by atoms with Crippen molar-refractivity contribution in [3.05, 3.63) is 70.6 Å². The molecule has 5 rings (SSSR count). The van der Waals surface area contributed by atoms with Crippen molar-refractivity contribution in [2.45, 2.75) is 55.4 Å². The molecule has 3 aromatic rings. The third-order valence-corrected chi connectivity index (χ3v) is 7.59. The van der Waals surface area contributed by atoms with Crippen molar-refractivity contribution in [1.29, 1.82) is 0 Å². The van der Waals surface area contributed by atoms with Crippen LogP contribution in [0.1, 0.15) is 30.9 Å². The number of hydrogen-bond donors (Lipinski definition) is 4. The summed E-state index contributed by atoms with van der Waals surface area (Å²) in [6.07, 6.45) is -3.03. The molecule has 0 aliphatic carbocycles. The number of aromatic nitrogens is 3. The number of carbonyl (C=O) groups is 1. The maximum Gasteiger partial charge on any atom is 0.227 e. The molecule has 3 heterocycles. The largest absolute Gasteiger partial charge is 0.394 e. The van der Waals surface area contributed by atoms with Gasteiger partial charge in [0.25, 0.3) is 0 Å². The standard InChI is InChI=1S/C26H26ClF3N4O6/c1-12(13-3-2-4-15(27)7-13)25(38)31-20-5-6-39-26(20)24(37)22(23(36)19(11-35)40-26)34-10-18(32-33-34)14-8-16(28)21(30)17(29)9-14/h2-4,7-10,12,19-20,22-24,35-37H,5-6,11H2,1H3,(H,31,38)/t12?,19-,20-,22+,23+,24-,26+/m1/s1. The fourth-order valence-electron chi connectivity index (χ4n) is 5.17. The average molecular weight is 583 g/mol. The Hall–Kier alpha value is -3.07. The minimum Gasteiger partial charge on any atom is -0.394 e. The van der Waals surface area contributed by atoms with Crippen LogP contribution >= 0.6 is 11.6 Å². The number of nitrogens with zero attached hydrogens (tertiary/aromatic N) is 3. The third-order valence-electron chi connectivity index (χ3n) is 7.36. The lowest BCUT2D eigenvalue weighted by molar-refractivity contribution is -0.345. The zero-order valence-electron chi connectivity index (χ0n) is 21.0. The second-order valence-corrected chi connectivity index (χ2v) is 10.2. The van der Waals surface area contributed by atoms with Crippen molar-refractivity contribution in [2.24, 2.45) is 0 Å². The Labute approximate surface area is 231 Å². The van der Waals surface area contributed by atoms with E-state index in [9.17, 15) is 33.3 Å². The highest BCUT2D eigenvalue weighted by atomic mass is 35.5. The van der Waals surface area contributed by atoms with Gasteiger partial charge in [0, 0.05) is 10.6 Å². The van der Waals surface area contributed by atoms with Gasteiger partial charge in [-0.1, -0.05) is 28.9 Å². The number of benzene rings is 2. The van der Waals surface area contributed by atoms with Gasteiger partial charge in [-0.15, -0.1) is 5.10 Å². The van der Waals surface area contributed by atoms with Crippen LogP contribution in [0.5, 0.6) is 0 Å². The molecule has 2 aliphatic heterocycles. The number of ether oxygens (including phenoxy) is 2. The lowest BCUT2D eigenvalue weighted by Gasteiger charge is -2.49. The van der Waals surface area contributed by atoms with Crippen molar-refractivity contribution in [2.75, 3.05) is 13.2 Å². The molecule has 1 spiro atoms. The van der Waals surface area contributed by atoms with Crippen LogP contribution in [0, 0.1) is 17.5 Å². The molecule has 14 heteroatoms. The summed E-state index contributed by atoms with van der Waals surface area (Å²) >= 11 is 6.06. The lowest BCUT2D eigenvalue weighted by Crippen LogP contribution is -2.69. The van der Waals surface area contributed by atoms with Crippen molar-refractivity contribution >= 4 is 17.5 Å². The molecule has 0 radical (unpaired) electrons. The van der Waals surface area contributed by atoms with Gasteiger partial charge in [-0.05, 0) is 43.2 Å². The number of nitrogens with one attached hydrogen (secondary N) is 1. The van der Waals surface area contributed by atoms with E-state index in [2.05, 4.69) is 15.6 Å². The number of rotatable bonds is 6. The quantitative estimate of drug-likeness (QED) is 0.324. The van der Waals surface area contributed by atoms with Gasteiger partial charge in [0.15, 0.2) is 17.5 Å². The Morgan fingerprint density at radius 2 is 1.98 bits per heavy atom. The Bertz CT molecular complexity index is 1390. The summed E-state index contributed by atoms with van der Waals surface area (Å²) in [5, 5.41) is 43.5. The minimum absolute atomic E-state index is 0.0747. The molecule has 4 N–H and O–H groups in total. The first kappa shape index (κ1) is 28.5. The van der Waals surface area contributed by atoms with Gasteiger partial charge in [-0.3, -0.25) is 4.79 Å². The maximum absolute atomic E-state index is 13.8. The molecule has 2 aliphatic rings. The molecule has 2 saturated heterocycles. The highest BCUT2D eigenvalue weighted by Crippen LogP contribution is 2.43. The monoisotopic (exact) mass is 582 g/mol. The third kappa shape index (κ3) is 4.97. The summed E-state index contributed by atoms with van der Waals surface area (Å²) in [7, 11) is 0. The molecule has 214 valence electrons. The average Bonchev–Trinajstić information content (AvgIpc) is 3.57. The van der Waals surface area contributed by atoms with Crippen LogP contribution in [-0.4, -0.2) is 79.6 Å². The van der Waals surface area contributed by atoms with Crippen LogP contribution in [0.25, 0.3) is 11.3 Å². The van der Waals surface area contributed by atoms with Gasteiger partial charge in [0.1, 0.15) is 30.0 Å². The van der Waals surface area contributed by atoms with E-state index in [-0.39, 0.29) is 24.3 Å². The van der Waals surface area contributed by atoms with Crippen LogP contribution in [0.15, 0.2) is 42.6 Å². The molecule has 1 aromatic heterocycles. The van der Waals surface area contributed by atoms with E-state index in [1.165, 1.54) is 6.20 Å². The molecule has 1 unspecified atom stereocenters. The molecule has 0 saturated carbocycles. The van der Waals surface area contributed by atoms with Gasteiger partial charge in [-0.2, -0.15) is 0 Å². The Kier molecular flexibility index (Phi) is 7.88. The summed E-state index contributed by atoms with van der Waals surface area (Å²) in [4.78, 5) is 13.2. The molecule has 2 fully saturated rings. The number of carbonyl (C=O) groups excluding carboxylic acids is 1.